The first kappa shape index (κ1) is 43.8. The van der Waals surface area contributed by atoms with Crippen molar-refractivity contribution in [2.24, 2.45) is 0 Å². The van der Waals surface area contributed by atoms with E-state index in [0.717, 1.165) is 56.4 Å². The summed E-state index contributed by atoms with van der Waals surface area (Å²) in [5, 5.41) is 4.74. The van der Waals surface area contributed by atoms with Gasteiger partial charge in [-0.3, -0.25) is 0 Å². The van der Waals surface area contributed by atoms with E-state index in [4.69, 9.17) is 0 Å². The molecule has 8 rings (SSSR count). The molecule has 0 saturated carbocycles. The van der Waals surface area contributed by atoms with Gasteiger partial charge in [0.25, 0.3) is 0 Å². The third kappa shape index (κ3) is 9.54. The predicted molar refractivity (Wildman–Crippen MR) is 262 cm³/mol. The van der Waals surface area contributed by atoms with Crippen LogP contribution in [0.4, 0.5) is 34.1 Å². The summed E-state index contributed by atoms with van der Waals surface area (Å²) in [6.07, 6.45) is 3.86. The second-order valence-corrected chi connectivity index (χ2v) is 12.3. The predicted octanol–water partition coefficient (Wildman–Crippen LogP) is 17.8. The Hall–Kier alpha value is -6.90. The van der Waals surface area contributed by atoms with E-state index < -0.39 is 0 Å². The number of benzene rings is 8. The molecule has 8 aromatic rings. The molecule has 0 heterocycles. The van der Waals surface area contributed by atoms with Crippen LogP contribution >= 0.6 is 0 Å². The summed E-state index contributed by atoms with van der Waals surface area (Å²) in [6.45, 7) is 26.1. The van der Waals surface area contributed by atoms with Crippen LogP contribution < -0.4 is 9.80 Å². The Bertz CT molecular complexity index is 2290. The van der Waals surface area contributed by atoms with Crippen LogP contribution in [0.15, 0.2) is 208 Å². The third-order valence-corrected chi connectivity index (χ3v) is 9.40. The van der Waals surface area contributed by atoms with E-state index in [2.05, 4.69) is 218 Å². The molecule has 0 bridgehead atoms. The number of rotatable bonds is 9. The lowest BCUT2D eigenvalue weighted by Crippen LogP contribution is -2.10. The van der Waals surface area contributed by atoms with Gasteiger partial charge in [-0.1, -0.05) is 188 Å². The maximum atomic E-state index is 4.05. The Balaban J connectivity index is 0.000000878. The molecule has 0 spiro atoms. The number of para-hydroxylation sites is 2. The average molecular weight is 759 g/mol. The fraction of sp³-hybridized carbons (Fsp3) is 0.107. The lowest BCUT2D eigenvalue weighted by molar-refractivity contribution is 1.29. The summed E-state index contributed by atoms with van der Waals surface area (Å²) in [5.41, 5.74) is 11.2. The third-order valence-electron chi connectivity index (χ3n) is 9.40. The fourth-order valence-corrected chi connectivity index (χ4v) is 6.97. The maximum Gasteiger partial charge on any atom is 0.0540 e. The highest BCUT2D eigenvalue weighted by molar-refractivity contribution is 6.04. The van der Waals surface area contributed by atoms with Crippen molar-refractivity contribution in [3.8, 4) is 11.1 Å². The molecule has 0 aromatic heterocycles. The number of hydrogen-bond donors (Lipinski definition) is 0. The minimum absolute atomic E-state index is 1.10. The molecular formula is C56H58N2. The van der Waals surface area contributed by atoms with Crippen LogP contribution in [0.25, 0.3) is 44.8 Å². The lowest BCUT2D eigenvalue weighted by Gasteiger charge is -2.28. The van der Waals surface area contributed by atoms with Crippen LogP contribution in [0.1, 0.15) is 52.7 Å². The largest absolute Gasteiger partial charge is 0.310 e. The first-order valence-electron chi connectivity index (χ1n) is 20.4. The van der Waals surface area contributed by atoms with Gasteiger partial charge < -0.3 is 9.80 Å². The topological polar surface area (TPSA) is 6.48 Å². The van der Waals surface area contributed by atoms with Gasteiger partial charge in [0.1, 0.15) is 0 Å². The number of hydrogen-bond acceptors (Lipinski definition) is 2. The molecule has 0 N–H and O–H groups in total. The van der Waals surface area contributed by atoms with Crippen molar-refractivity contribution in [3.05, 3.63) is 219 Å². The Morgan fingerprint density at radius 1 is 0.310 bits per heavy atom. The van der Waals surface area contributed by atoms with Crippen molar-refractivity contribution in [2.45, 2.75) is 41.5 Å². The summed E-state index contributed by atoms with van der Waals surface area (Å²) < 4.78 is 0. The average Bonchev–Trinajstić information content (AvgIpc) is 3.33. The van der Waals surface area contributed by atoms with Gasteiger partial charge in [-0.15, -0.1) is 13.2 Å². The Morgan fingerprint density at radius 2 is 0.586 bits per heavy atom. The minimum atomic E-state index is 1.10. The molecular weight excluding hydrogens is 701 g/mol. The van der Waals surface area contributed by atoms with Gasteiger partial charge in [0, 0.05) is 33.5 Å². The van der Waals surface area contributed by atoms with Gasteiger partial charge in [-0.05, 0) is 93.7 Å². The van der Waals surface area contributed by atoms with Crippen LogP contribution in [0.3, 0.4) is 0 Å². The summed E-state index contributed by atoms with van der Waals surface area (Å²) in [4.78, 5) is 4.67. The second kappa shape index (κ2) is 22.6. The molecule has 0 aliphatic heterocycles. The molecule has 0 unspecified atom stereocenters. The maximum absolute atomic E-state index is 4.05. The first-order chi connectivity index (χ1) is 28.7. The summed E-state index contributed by atoms with van der Waals surface area (Å²) in [6, 6.07) is 64.7. The van der Waals surface area contributed by atoms with E-state index in [1.165, 1.54) is 21.5 Å². The van der Waals surface area contributed by atoms with Crippen molar-refractivity contribution >= 4 is 67.8 Å². The van der Waals surface area contributed by atoms with E-state index in [1.807, 2.05) is 53.7 Å². The Kier molecular flexibility index (Phi) is 17.1. The zero-order valence-electron chi connectivity index (χ0n) is 35.2. The van der Waals surface area contributed by atoms with Crippen LogP contribution in [-0.2, 0) is 0 Å². The first-order valence-corrected chi connectivity index (χ1v) is 20.4. The second-order valence-electron chi connectivity index (χ2n) is 12.3. The highest BCUT2D eigenvalue weighted by Crippen LogP contribution is 2.42. The molecule has 292 valence electrons. The summed E-state index contributed by atoms with van der Waals surface area (Å²) in [5.74, 6) is 0. The van der Waals surface area contributed by atoms with Crippen molar-refractivity contribution in [3.63, 3.8) is 0 Å². The normalized spacial score (nSPS) is 9.83. The molecule has 0 aliphatic carbocycles. The van der Waals surface area contributed by atoms with Crippen molar-refractivity contribution in [1.29, 1.82) is 0 Å². The van der Waals surface area contributed by atoms with Gasteiger partial charge in [-0.2, -0.15) is 0 Å². The van der Waals surface area contributed by atoms with Gasteiger partial charge in [-0.25, -0.2) is 0 Å². The molecule has 0 atom stereocenters. The van der Waals surface area contributed by atoms with Crippen LogP contribution in [0.5, 0.6) is 0 Å². The smallest absolute Gasteiger partial charge is 0.0540 e. The lowest BCUT2D eigenvalue weighted by atomic mass is 10.00. The molecule has 58 heavy (non-hydrogen) atoms. The molecule has 0 fully saturated rings. The van der Waals surface area contributed by atoms with Crippen molar-refractivity contribution in [2.75, 3.05) is 9.80 Å². The minimum Gasteiger partial charge on any atom is -0.310 e. The number of nitrogens with zero attached hydrogens (tertiary/aromatic N) is 2. The van der Waals surface area contributed by atoms with E-state index in [-0.39, 0.29) is 0 Å². The van der Waals surface area contributed by atoms with E-state index in [9.17, 15) is 0 Å². The van der Waals surface area contributed by atoms with E-state index in [0.29, 0.717) is 0 Å². The van der Waals surface area contributed by atoms with Gasteiger partial charge in [0.15, 0.2) is 0 Å². The highest BCUT2D eigenvalue weighted by atomic mass is 15.1. The molecule has 0 saturated heterocycles. The number of fused-ring (bicyclic) bond motifs is 2. The summed E-state index contributed by atoms with van der Waals surface area (Å²) >= 11 is 0. The van der Waals surface area contributed by atoms with Gasteiger partial charge >= 0.3 is 0 Å². The SMILES string of the molecule is C=C.C=Cc1ccc(N(c2ccccc2)c2ccc(-c3ccc(N(c4ccccc4)c4ccc(C=C)c5ccccc45)cc3)cc2)c2ccccc12.CC.CC.CC. The molecule has 0 aliphatic rings. The van der Waals surface area contributed by atoms with Crippen LogP contribution in [-0.4, -0.2) is 0 Å². The monoisotopic (exact) mass is 758 g/mol. The molecule has 2 nitrogen and oxygen atoms in total. The van der Waals surface area contributed by atoms with Crippen molar-refractivity contribution < 1.29 is 0 Å². The van der Waals surface area contributed by atoms with E-state index in [1.54, 1.807) is 0 Å². The van der Waals surface area contributed by atoms with Gasteiger partial charge in [0.2, 0.25) is 0 Å². The highest BCUT2D eigenvalue weighted by Gasteiger charge is 2.18. The molecule has 2 heteroatoms. The van der Waals surface area contributed by atoms with Crippen LogP contribution in [0, 0.1) is 0 Å². The summed E-state index contributed by atoms with van der Waals surface area (Å²) in [7, 11) is 0. The molecule has 0 amide bonds. The number of anilines is 6. The molecule has 0 radical (unpaired) electrons. The van der Waals surface area contributed by atoms with Crippen LogP contribution in [0.2, 0.25) is 0 Å². The van der Waals surface area contributed by atoms with Gasteiger partial charge in [0.05, 0.1) is 11.4 Å². The van der Waals surface area contributed by atoms with Crippen molar-refractivity contribution in [1.82, 2.24) is 0 Å². The fourth-order valence-electron chi connectivity index (χ4n) is 6.97. The zero-order valence-corrected chi connectivity index (χ0v) is 35.2. The zero-order chi connectivity index (χ0) is 41.9. The Morgan fingerprint density at radius 3 is 0.897 bits per heavy atom. The standard InChI is InChI=1S/C48H36N2.3C2H6.C2H4/c1-3-35-27-33-47(45-21-13-11-19-43(35)45)49(39-15-7-5-8-16-39)41-29-23-37(24-30-41)38-25-31-42(32-26-38)50(40-17-9-6-10-18-40)48-34-28-36(4-2)44-20-12-14-22-46(44)48;4*1-2/h3-34H,1-2H2;3*1-2H3;1-2H2. The quantitative estimate of drug-likeness (QED) is 0.135. The van der Waals surface area contributed by atoms with E-state index >= 15 is 0 Å². The molecule has 8 aromatic carbocycles. The Labute approximate surface area is 348 Å².